The van der Waals surface area contributed by atoms with Crippen molar-refractivity contribution in [1.29, 1.82) is 5.41 Å². The molecule has 3 aliphatic rings. The van der Waals surface area contributed by atoms with E-state index in [2.05, 4.69) is 102 Å². The van der Waals surface area contributed by atoms with Crippen LogP contribution < -0.4 is 108 Å². The molecule has 49 heteroatoms. The fourth-order valence-electron chi connectivity index (χ4n) is 15.8. The van der Waals surface area contributed by atoms with E-state index in [0.717, 1.165) is 88.4 Å². The van der Waals surface area contributed by atoms with Crippen molar-refractivity contribution in [3.05, 3.63) is 102 Å². The van der Waals surface area contributed by atoms with Gasteiger partial charge in [-0.2, -0.15) is 0 Å². The minimum atomic E-state index is -1.81. The molecule has 30 N–H and O–H groups in total. The quantitative estimate of drug-likeness (QED) is 0.0172. The molecule has 0 spiro atoms. The van der Waals surface area contributed by atoms with Gasteiger partial charge in [-0.1, -0.05) is 158 Å². The molecule has 145 heavy (non-hydrogen) atoms. The van der Waals surface area contributed by atoms with E-state index in [1.807, 2.05) is 6.08 Å². The first-order valence-corrected chi connectivity index (χ1v) is 49.6. The third kappa shape index (κ3) is 49.8. The van der Waals surface area contributed by atoms with Gasteiger partial charge in [0.1, 0.15) is 79.1 Å². The number of aromatic amines is 1. The predicted molar refractivity (Wildman–Crippen MR) is 528 cm³/mol. The Labute approximate surface area is 842 Å². The second-order valence-electron chi connectivity index (χ2n) is 35.7. The number of carboxylic acid groups (broad SMARTS) is 2. The van der Waals surface area contributed by atoms with Gasteiger partial charge < -0.3 is 148 Å². The van der Waals surface area contributed by atoms with Crippen molar-refractivity contribution in [2.45, 2.75) is 297 Å². The second-order valence-corrected chi connectivity index (χ2v) is 35.7. The van der Waals surface area contributed by atoms with Crippen LogP contribution in [0.2, 0.25) is 0 Å². The molecule has 0 radical (unpaired) electrons. The van der Waals surface area contributed by atoms with Crippen molar-refractivity contribution < 1.29 is 121 Å². The highest BCUT2D eigenvalue weighted by molar-refractivity contribution is 6.01. The van der Waals surface area contributed by atoms with Crippen LogP contribution in [0.3, 0.4) is 0 Å². The Morgan fingerprint density at radius 3 is 1.83 bits per heavy atom. The first-order chi connectivity index (χ1) is 69.5. The van der Waals surface area contributed by atoms with Gasteiger partial charge in [-0.05, 0) is 80.9 Å². The highest BCUT2D eigenvalue weighted by Gasteiger charge is 2.45. The molecule has 0 bridgehead atoms. The summed E-state index contributed by atoms with van der Waals surface area (Å²) in [7, 11) is 0. The number of benzene rings is 1. The van der Waals surface area contributed by atoms with Crippen molar-refractivity contribution in [3.63, 3.8) is 0 Å². The monoisotopic (exact) mass is 2040 g/mol. The minimum Gasteiger partial charge on any atom is -0.481 e. The summed E-state index contributed by atoms with van der Waals surface area (Å²) < 4.78 is 10.7. The number of ether oxygens (including phenoxy) is 2. The predicted octanol–water partition coefficient (Wildman–Crippen LogP) is -3.66. The Balaban J connectivity index is 1.22. The molecule has 4 heterocycles. The van der Waals surface area contributed by atoms with Crippen molar-refractivity contribution in [1.82, 2.24) is 99.9 Å². The Kier molecular flexibility index (Phi) is 58.1. The summed E-state index contributed by atoms with van der Waals surface area (Å²) in [5.74, 6) is -18.3. The lowest BCUT2D eigenvalue weighted by Gasteiger charge is -2.31. The number of aliphatic hydroxyl groups excluding tert-OH is 2. The van der Waals surface area contributed by atoms with Crippen LogP contribution in [0.15, 0.2) is 91.1 Å². The topological polar surface area (TPSA) is 776 Å². The molecule has 1 aromatic heterocycles. The number of guanidine groups is 1. The molecule has 0 unspecified atom stereocenters. The van der Waals surface area contributed by atoms with Crippen molar-refractivity contribution in [3.8, 4) is 0 Å². The maximum absolute atomic E-state index is 15.4. The van der Waals surface area contributed by atoms with Crippen LogP contribution in [0.4, 0.5) is 0 Å². The average Bonchev–Trinajstić information content (AvgIpc) is 1.67. The van der Waals surface area contributed by atoms with Crippen LogP contribution in [0.1, 0.15) is 217 Å². The molecule has 2 aromatic rings. The number of allylic oxidation sites excluding steroid dienone is 4. The van der Waals surface area contributed by atoms with Gasteiger partial charge >= 0.3 is 11.9 Å². The van der Waals surface area contributed by atoms with Gasteiger partial charge in [-0.25, -0.2) is 9.78 Å². The molecule has 804 valence electrons. The minimum absolute atomic E-state index is 0.0315. The van der Waals surface area contributed by atoms with E-state index in [9.17, 15) is 92.0 Å². The van der Waals surface area contributed by atoms with E-state index >= 15 is 14.4 Å². The number of rotatable bonds is 61. The largest absolute Gasteiger partial charge is 0.481 e. The fourth-order valence-corrected chi connectivity index (χ4v) is 15.8. The van der Waals surface area contributed by atoms with Crippen LogP contribution in [0.25, 0.3) is 0 Å². The second kappa shape index (κ2) is 69.2. The van der Waals surface area contributed by atoms with E-state index in [4.69, 9.17) is 42.9 Å². The SMILES string of the molecule is C=C1/C=C\C=C/CN/C=C\1C[C@@H]1NC(=O)[C@H](CCCNC(=N)N)NC(=O)[C@@H](Cc2ccccc2)NC(=O)[C@@H]2C[C@@H](O)CN2C(=O)[C@@H](NC(=O)[C@H](CCCC)NC(=O)[C@H](CN)NC(=O)[C@H](Cc2c[nH]cn2)NC(=O)[C@H](CCC(N)=O)NC(=O)[C@H](CO)NC(=O)CNC(=O)COCCOCCNC(=O)C[C@H](NC(=O)CCCCCCCCCCCCCCCCC(=O)O)C(=O)O)CCC(=O)NCCCC[C@@H](C(N)=O)NC1=O. The molecule has 2 saturated heterocycles. The lowest BCUT2D eigenvalue weighted by atomic mass is 9.98. The third-order valence-electron chi connectivity index (χ3n) is 23.9. The third-order valence-corrected chi connectivity index (χ3v) is 23.9. The Hall–Kier alpha value is -13.8. The van der Waals surface area contributed by atoms with Crippen molar-refractivity contribution in [2.24, 2.45) is 22.9 Å². The summed E-state index contributed by atoms with van der Waals surface area (Å²) in [6.45, 7) is 2.31. The lowest BCUT2D eigenvalue weighted by Crippen LogP contribution is -2.62. The van der Waals surface area contributed by atoms with Crippen LogP contribution in [0, 0.1) is 5.41 Å². The van der Waals surface area contributed by atoms with E-state index in [1.54, 1.807) is 61.7 Å². The number of carboxylic acids is 2. The average molecular weight is 2040 g/mol. The zero-order valence-corrected chi connectivity index (χ0v) is 82.5. The molecule has 3 aliphatic heterocycles. The number of aliphatic carboxylic acids is 2. The van der Waals surface area contributed by atoms with Crippen molar-refractivity contribution in [2.75, 3.05) is 78.8 Å². The van der Waals surface area contributed by atoms with Crippen LogP contribution >= 0.6 is 0 Å². The van der Waals surface area contributed by atoms with Gasteiger partial charge in [0.05, 0.1) is 57.5 Å². The molecule has 1 aromatic carbocycles. The number of imidazole rings is 1. The summed E-state index contributed by atoms with van der Waals surface area (Å²) in [6.07, 6.45) is 21.0. The number of nitrogens with zero attached hydrogens (tertiary/aromatic N) is 2. The molecular formula is C96H150N24O25. The standard InChI is InChI=1S/C96H150N24O25/c1-3-4-31-66(85(132)115-69-37-39-78(124)104-41-26-24-32-65(84(99)131)111-89(136)71(48-62-53-102-40-25-18-19-28-60(62)2)116-86(133)67(33-27-42-106-96(100)101)112-88(135)70(47-61-29-20-17-21-30-61)118-93(140)76-50-64(122)56-120(76)94(69)141)113-91(138)74(52-97)119-90(137)72(49-63-54-103-59-108-63)117-87(134)68(36-38-77(98)123)114-92(139)75(57-121)110-81(127)55-107-82(128)58-145-46-45-144-44-43-105-80(126)51-73(95(142)143)109-79(125)34-22-15-13-11-9-7-5-6-8-10-12-14-16-23-35-83(129)130/h17-21,25,28-30,53-54,59,64-76,102,121-122H,2-16,22-24,26-27,31-52,55-58,97H2,1H3,(H2,98,123)(H2,99,131)(H,103,108)(H,104,124)(H,105,126)(H,107,128)(H,109,125)(H,110,127)(H,111,136)(H,112,135)(H,113,138)(H,114,139)(H,115,132)(H,116,133)(H,117,134)(H,118,140)(H,119,137)(H,129,130)(H,142,143)(H4,100,101,106)/b25-18-,28-19-,62-53-/t64-,65+,66+,67+,68+,69+,70-,71+,72+,73+,74+,75+,76+/m1/s1. The number of aromatic nitrogens is 2. The molecule has 0 aliphatic carbocycles. The zero-order chi connectivity index (χ0) is 106. The number of hydrogen-bond donors (Lipinski definition) is 26. The molecule has 2 fully saturated rings. The van der Waals surface area contributed by atoms with Gasteiger partial charge in [0.15, 0.2) is 5.96 Å². The van der Waals surface area contributed by atoms with Gasteiger partial charge in [-0.15, -0.1) is 0 Å². The first-order valence-electron chi connectivity index (χ1n) is 49.6. The Morgan fingerprint density at radius 1 is 0.600 bits per heavy atom. The maximum Gasteiger partial charge on any atom is 0.326 e. The highest BCUT2D eigenvalue weighted by Crippen LogP contribution is 2.24. The van der Waals surface area contributed by atoms with Gasteiger partial charge in [0.2, 0.25) is 100 Å². The number of carbonyl (C=O) groups excluding carboxylic acids is 17. The van der Waals surface area contributed by atoms with Gasteiger partial charge in [0, 0.05) is 103 Å². The maximum atomic E-state index is 15.4. The van der Waals surface area contributed by atoms with E-state index in [-0.39, 0.29) is 116 Å². The number of nitrogens with one attached hydrogen (secondary N) is 18. The molecule has 13 atom stereocenters. The number of aliphatic hydroxyl groups is 2. The number of amides is 17. The van der Waals surface area contributed by atoms with E-state index in [1.165, 1.54) is 12.5 Å². The Morgan fingerprint density at radius 2 is 1.20 bits per heavy atom. The number of fused-ring (bicyclic) bond motifs is 1. The van der Waals surface area contributed by atoms with Crippen LogP contribution in [-0.4, -0.2) is 311 Å². The number of primary amides is 2. The summed E-state index contributed by atoms with van der Waals surface area (Å²) >= 11 is 0. The van der Waals surface area contributed by atoms with Crippen molar-refractivity contribution >= 4 is 118 Å². The zero-order valence-electron chi connectivity index (χ0n) is 82.5. The number of nitrogens with two attached hydrogens (primary N) is 4. The molecule has 0 saturated carbocycles. The highest BCUT2D eigenvalue weighted by atomic mass is 16.5. The fraction of sp³-hybridized carbons (Fsp3) is 0.615. The Bertz CT molecular complexity index is 4660. The number of hydrogen-bond acceptors (Lipinski definition) is 27. The lowest BCUT2D eigenvalue weighted by molar-refractivity contribution is -0.143. The number of carbonyl (C=O) groups is 19. The summed E-state index contributed by atoms with van der Waals surface area (Å²) in [5.41, 5.74) is 24.7. The van der Waals surface area contributed by atoms with Gasteiger partial charge in [0.25, 0.3) is 0 Å². The smallest absolute Gasteiger partial charge is 0.326 e. The summed E-state index contributed by atoms with van der Waals surface area (Å²) in [6, 6.07) is -10.8. The number of H-pyrrole nitrogens is 1. The summed E-state index contributed by atoms with van der Waals surface area (Å²) in [4.78, 5) is 268. The first kappa shape index (κ1) is 122. The molecule has 5 rings (SSSR count). The van der Waals surface area contributed by atoms with E-state index in [0.29, 0.717) is 36.1 Å². The number of unbranched alkanes of at least 4 members (excludes halogenated alkanes) is 14. The molecule has 49 nitrogen and oxygen atoms in total. The van der Waals surface area contributed by atoms with Gasteiger partial charge in [-0.3, -0.25) is 91.7 Å². The van der Waals surface area contributed by atoms with E-state index < -0.39 is 275 Å². The van der Waals surface area contributed by atoms with Crippen LogP contribution in [-0.2, 0) is 113 Å². The summed E-state index contributed by atoms with van der Waals surface area (Å²) in [5, 5.41) is 89.1. The molecular weight excluding hydrogens is 1890 g/mol. The normalized spacial score (nSPS) is 19.8. The molecule has 17 amide bonds. The van der Waals surface area contributed by atoms with Crippen LogP contribution in [0.5, 0.6) is 0 Å².